The molecule has 2 N–H and O–H groups in total. The summed E-state index contributed by atoms with van der Waals surface area (Å²) in [5.41, 5.74) is 0.374. The highest BCUT2D eigenvalue weighted by Gasteiger charge is 2.48. The van der Waals surface area contributed by atoms with Crippen LogP contribution in [0.25, 0.3) is 0 Å². The zero-order valence-corrected chi connectivity index (χ0v) is 24.4. The van der Waals surface area contributed by atoms with Crippen LogP contribution in [-0.2, 0) is 33.9 Å². The van der Waals surface area contributed by atoms with Crippen LogP contribution in [0.3, 0.4) is 0 Å². The maximum atomic E-state index is 14.1. The smallest absolute Gasteiger partial charge is 0.310 e. The highest BCUT2D eigenvalue weighted by atomic mass is 32.2. The van der Waals surface area contributed by atoms with Gasteiger partial charge < -0.3 is 25.0 Å². The normalized spacial score (nSPS) is 26.9. The highest BCUT2D eigenvalue weighted by Crippen LogP contribution is 2.28. The van der Waals surface area contributed by atoms with E-state index >= 15 is 0 Å². The lowest BCUT2D eigenvalue weighted by molar-refractivity contribution is -0.165. The number of sulfonamides is 1. The Bertz CT molecular complexity index is 1480. The second kappa shape index (κ2) is 13.1. The van der Waals surface area contributed by atoms with Gasteiger partial charge >= 0.3 is 5.97 Å². The fourth-order valence-electron chi connectivity index (χ4n) is 5.57. The number of ether oxygens (including phenoxy) is 2. The Kier molecular flexibility index (Phi) is 9.23. The third-order valence-corrected chi connectivity index (χ3v) is 9.51. The van der Waals surface area contributed by atoms with Crippen LogP contribution >= 0.6 is 0 Å². The van der Waals surface area contributed by atoms with Crippen molar-refractivity contribution in [2.75, 3.05) is 19.7 Å². The lowest BCUT2D eigenvalue weighted by Gasteiger charge is -2.47. The van der Waals surface area contributed by atoms with Crippen LogP contribution < -0.4 is 10.6 Å². The van der Waals surface area contributed by atoms with Gasteiger partial charge in [0.25, 0.3) is 5.91 Å². The molecule has 0 saturated carbocycles. The predicted molar refractivity (Wildman–Crippen MR) is 154 cm³/mol. The molecule has 228 valence electrons. The average Bonchev–Trinajstić information content (AvgIpc) is 3.35. The lowest BCUT2D eigenvalue weighted by Crippen LogP contribution is -2.68. The van der Waals surface area contributed by atoms with Gasteiger partial charge in [-0.1, -0.05) is 48.6 Å². The van der Waals surface area contributed by atoms with Crippen molar-refractivity contribution in [2.45, 2.75) is 61.5 Å². The fraction of sp³-hybridized carbons (Fsp3) is 0.400. The Morgan fingerprint density at radius 1 is 0.953 bits per heavy atom. The van der Waals surface area contributed by atoms with Crippen molar-refractivity contribution in [3.63, 3.8) is 0 Å². The summed E-state index contributed by atoms with van der Waals surface area (Å²) < 4.78 is 39.2. The Balaban J connectivity index is 1.46. The second-order valence-electron chi connectivity index (χ2n) is 10.5. The van der Waals surface area contributed by atoms with E-state index in [1.54, 1.807) is 61.5 Å². The average molecular weight is 611 g/mol. The van der Waals surface area contributed by atoms with Crippen molar-refractivity contribution in [3.05, 3.63) is 78.4 Å². The first-order valence-corrected chi connectivity index (χ1v) is 15.6. The van der Waals surface area contributed by atoms with Crippen LogP contribution in [0.1, 0.15) is 36.5 Å². The number of rotatable bonds is 8. The zero-order valence-electron chi connectivity index (χ0n) is 23.6. The summed E-state index contributed by atoms with van der Waals surface area (Å²) in [6.45, 7) is 1.58. The van der Waals surface area contributed by atoms with E-state index in [2.05, 4.69) is 10.6 Å². The van der Waals surface area contributed by atoms with E-state index in [9.17, 15) is 27.6 Å². The Labute approximate surface area is 250 Å². The molecule has 0 spiro atoms. The Hall–Kier alpha value is -4.07. The molecule has 5 atom stereocenters. The quantitative estimate of drug-likeness (QED) is 0.334. The summed E-state index contributed by atoms with van der Waals surface area (Å²) in [6, 6.07) is 12.6. The third-order valence-electron chi connectivity index (χ3n) is 7.67. The summed E-state index contributed by atoms with van der Waals surface area (Å²) in [7, 11) is -4.02. The number of hydrogen-bond acceptors (Lipinski definition) is 8. The van der Waals surface area contributed by atoms with Crippen molar-refractivity contribution in [3.8, 4) is 0 Å². The summed E-state index contributed by atoms with van der Waals surface area (Å²) in [5, 5.41) is 5.55. The van der Waals surface area contributed by atoms with E-state index < -0.39 is 64.2 Å². The van der Waals surface area contributed by atoms with Gasteiger partial charge in [-0.2, -0.15) is 4.31 Å². The lowest BCUT2D eigenvalue weighted by atomic mass is 9.97. The number of esters is 1. The molecule has 2 fully saturated rings. The number of carbonyl (C=O) groups is 4. The molecule has 3 aliphatic heterocycles. The van der Waals surface area contributed by atoms with Crippen molar-refractivity contribution >= 4 is 33.7 Å². The summed E-state index contributed by atoms with van der Waals surface area (Å²) in [6.07, 6.45) is 2.95. The van der Waals surface area contributed by atoms with Crippen LogP contribution in [0.2, 0.25) is 0 Å². The van der Waals surface area contributed by atoms with Gasteiger partial charge in [0.05, 0.1) is 11.3 Å². The minimum absolute atomic E-state index is 0.0525. The number of benzene rings is 2. The molecule has 12 nitrogen and oxygen atoms in total. The van der Waals surface area contributed by atoms with E-state index in [0.717, 1.165) is 0 Å². The first kappa shape index (κ1) is 30.4. The third kappa shape index (κ3) is 6.63. The standard InChI is InChI=1S/C30H34N4O8S/c1-2-41-30-24(17-26(35)42-30)32-28(37)25-19-33(43(39,40)22-14-7-4-8-15-22)18-21-13-9-10-16-23(29(38)34(21)25)31-27(36)20-11-5-3-6-12-20/h3-12,14-15,21,23-25,30H,2,13,16-19H2,1H3,(H,31,36)(H,32,37)/b10-9-/t21-,23-,24?,25-,30?/m0/s1. The number of piperazine rings is 1. The molecule has 3 amide bonds. The van der Waals surface area contributed by atoms with Crippen LogP contribution in [0, 0.1) is 0 Å². The highest BCUT2D eigenvalue weighted by molar-refractivity contribution is 7.89. The van der Waals surface area contributed by atoms with Crippen LogP contribution in [0.15, 0.2) is 77.7 Å². The molecule has 3 aliphatic rings. The number of carbonyl (C=O) groups excluding carboxylic acids is 4. The minimum atomic E-state index is -4.02. The van der Waals surface area contributed by atoms with Gasteiger partial charge in [0.2, 0.25) is 28.1 Å². The van der Waals surface area contributed by atoms with Crippen LogP contribution in [0.4, 0.5) is 0 Å². The molecule has 3 heterocycles. The van der Waals surface area contributed by atoms with Gasteiger partial charge in [0.15, 0.2) is 0 Å². The van der Waals surface area contributed by atoms with Gasteiger partial charge in [-0.05, 0) is 44.0 Å². The number of nitrogens with one attached hydrogen (secondary N) is 2. The van der Waals surface area contributed by atoms with E-state index in [4.69, 9.17) is 9.47 Å². The van der Waals surface area contributed by atoms with Crippen molar-refractivity contribution in [2.24, 2.45) is 0 Å². The monoisotopic (exact) mass is 610 g/mol. The van der Waals surface area contributed by atoms with Gasteiger partial charge in [-0.15, -0.1) is 0 Å². The Morgan fingerprint density at radius 3 is 2.33 bits per heavy atom. The second-order valence-corrected chi connectivity index (χ2v) is 12.5. The molecule has 2 unspecified atom stereocenters. The predicted octanol–water partition coefficient (Wildman–Crippen LogP) is 1.20. The van der Waals surface area contributed by atoms with Crippen molar-refractivity contribution in [1.29, 1.82) is 0 Å². The van der Waals surface area contributed by atoms with Gasteiger partial charge in [-0.3, -0.25) is 19.2 Å². The number of fused-ring (bicyclic) bond motifs is 1. The van der Waals surface area contributed by atoms with Crippen molar-refractivity contribution in [1.82, 2.24) is 19.8 Å². The molecule has 0 radical (unpaired) electrons. The molecule has 2 saturated heterocycles. The zero-order chi connectivity index (χ0) is 30.6. The van der Waals surface area contributed by atoms with E-state index in [-0.39, 0.29) is 37.4 Å². The van der Waals surface area contributed by atoms with E-state index in [1.807, 2.05) is 6.08 Å². The van der Waals surface area contributed by atoms with Crippen LogP contribution in [0.5, 0.6) is 0 Å². The maximum Gasteiger partial charge on any atom is 0.310 e. The topological polar surface area (TPSA) is 151 Å². The Morgan fingerprint density at radius 2 is 1.63 bits per heavy atom. The first-order chi connectivity index (χ1) is 20.7. The first-order valence-electron chi connectivity index (χ1n) is 14.2. The van der Waals surface area contributed by atoms with Crippen LogP contribution in [-0.4, -0.2) is 91.5 Å². The molecule has 43 heavy (non-hydrogen) atoms. The molecule has 13 heteroatoms. The molecule has 5 rings (SSSR count). The van der Waals surface area contributed by atoms with Gasteiger partial charge in [-0.25, -0.2) is 8.42 Å². The number of cyclic esters (lactones) is 1. The summed E-state index contributed by atoms with van der Waals surface area (Å²) in [5.74, 6) is -2.15. The van der Waals surface area contributed by atoms with Crippen molar-refractivity contribution < 1.29 is 37.1 Å². The van der Waals surface area contributed by atoms with Gasteiger partial charge in [0.1, 0.15) is 18.1 Å². The number of hydrogen-bond donors (Lipinski definition) is 2. The van der Waals surface area contributed by atoms with E-state index in [1.165, 1.54) is 21.3 Å². The van der Waals surface area contributed by atoms with E-state index in [0.29, 0.717) is 12.0 Å². The minimum Gasteiger partial charge on any atom is -0.433 e. The SMILES string of the molecule is CCOC1OC(=O)CC1NC(=O)[C@@H]1CN(S(=O)(=O)c2ccccc2)C[C@@H]2C/C=C\C[C@H](NC(=O)c3ccccc3)C(=O)N21. The summed E-state index contributed by atoms with van der Waals surface area (Å²) >= 11 is 0. The molecule has 2 aromatic rings. The molecule has 0 bridgehead atoms. The molecular formula is C30H34N4O8S. The summed E-state index contributed by atoms with van der Waals surface area (Å²) in [4.78, 5) is 54.5. The number of nitrogens with zero attached hydrogens (tertiary/aromatic N) is 2. The molecular weight excluding hydrogens is 576 g/mol. The maximum absolute atomic E-state index is 14.1. The molecule has 0 aromatic heterocycles. The fourth-order valence-corrected chi connectivity index (χ4v) is 7.07. The number of amides is 3. The molecule has 2 aromatic carbocycles. The molecule has 0 aliphatic carbocycles. The van der Waals surface area contributed by atoms with Gasteiger partial charge in [0, 0.05) is 31.3 Å². The largest absolute Gasteiger partial charge is 0.433 e.